The van der Waals surface area contributed by atoms with Crippen molar-refractivity contribution >= 4 is 23.4 Å². The Labute approximate surface area is 117 Å². The SMILES string of the molecule is O=C1C2CCCCC2C(=O)N1C1CCC(Cl)CC1F. The molecule has 0 spiro atoms. The smallest absolute Gasteiger partial charge is 0.233 e. The second-order valence-electron chi connectivity index (χ2n) is 6.04. The van der Waals surface area contributed by atoms with E-state index in [-0.39, 0.29) is 35.4 Å². The second kappa shape index (κ2) is 5.04. The highest BCUT2D eigenvalue weighted by atomic mass is 35.5. The number of halogens is 2. The van der Waals surface area contributed by atoms with Crippen molar-refractivity contribution in [3.05, 3.63) is 0 Å². The summed E-state index contributed by atoms with van der Waals surface area (Å²) in [5, 5.41) is -0.165. The summed E-state index contributed by atoms with van der Waals surface area (Å²) in [5.41, 5.74) is 0. The van der Waals surface area contributed by atoms with E-state index in [1.807, 2.05) is 0 Å². The first kappa shape index (κ1) is 13.3. The minimum Gasteiger partial charge on any atom is -0.276 e. The molecule has 5 unspecified atom stereocenters. The Kier molecular flexibility index (Phi) is 3.54. The zero-order valence-corrected chi connectivity index (χ0v) is 11.6. The molecule has 0 aromatic rings. The van der Waals surface area contributed by atoms with Gasteiger partial charge in [0.15, 0.2) is 0 Å². The lowest BCUT2D eigenvalue weighted by atomic mass is 9.81. The Morgan fingerprint density at radius 2 is 1.58 bits per heavy atom. The van der Waals surface area contributed by atoms with Crippen molar-refractivity contribution in [2.24, 2.45) is 11.8 Å². The summed E-state index contributed by atoms with van der Waals surface area (Å²) in [6.07, 6.45) is 3.85. The van der Waals surface area contributed by atoms with Crippen LogP contribution < -0.4 is 0 Å². The van der Waals surface area contributed by atoms with Crippen LogP contribution in [0.25, 0.3) is 0 Å². The Hall–Kier alpha value is -0.640. The van der Waals surface area contributed by atoms with Crippen LogP contribution in [0.5, 0.6) is 0 Å². The molecule has 2 saturated carbocycles. The van der Waals surface area contributed by atoms with E-state index in [1.165, 1.54) is 4.90 Å². The number of alkyl halides is 2. The monoisotopic (exact) mass is 287 g/mol. The number of carbonyl (C=O) groups excluding carboxylic acids is 2. The predicted octanol–water partition coefficient (Wildman–Crippen LogP) is 2.66. The van der Waals surface area contributed by atoms with Gasteiger partial charge >= 0.3 is 0 Å². The molecule has 3 rings (SSSR count). The number of amides is 2. The summed E-state index contributed by atoms with van der Waals surface area (Å²) in [5.74, 6) is -0.616. The molecule has 2 aliphatic carbocycles. The topological polar surface area (TPSA) is 37.4 Å². The zero-order chi connectivity index (χ0) is 13.6. The second-order valence-corrected chi connectivity index (χ2v) is 6.65. The molecule has 0 radical (unpaired) electrons. The number of hydrogen-bond acceptors (Lipinski definition) is 2. The number of imide groups is 1. The lowest BCUT2D eigenvalue weighted by Crippen LogP contribution is -2.49. The highest BCUT2D eigenvalue weighted by molar-refractivity contribution is 6.20. The molecule has 5 atom stereocenters. The molecular formula is C14H19ClFNO2. The summed E-state index contributed by atoms with van der Waals surface area (Å²) >= 11 is 5.95. The van der Waals surface area contributed by atoms with Gasteiger partial charge in [-0.25, -0.2) is 4.39 Å². The standard InChI is InChI=1S/C14H19ClFNO2/c15-8-5-6-12(11(16)7-8)17-13(18)9-3-1-2-4-10(9)14(17)19/h8-12H,1-7H2. The van der Waals surface area contributed by atoms with Gasteiger partial charge in [-0.3, -0.25) is 14.5 Å². The number of rotatable bonds is 1. The minimum atomic E-state index is -1.16. The first-order valence-corrected chi connectivity index (χ1v) is 7.68. The van der Waals surface area contributed by atoms with Gasteiger partial charge in [-0.2, -0.15) is 0 Å². The van der Waals surface area contributed by atoms with Gasteiger partial charge in [0.1, 0.15) is 6.17 Å². The molecule has 106 valence electrons. The third kappa shape index (κ3) is 2.18. The molecule has 3 aliphatic rings. The maximum atomic E-state index is 14.1. The number of carbonyl (C=O) groups is 2. The van der Waals surface area contributed by atoms with E-state index in [0.29, 0.717) is 12.8 Å². The van der Waals surface area contributed by atoms with Crippen LogP contribution >= 0.6 is 11.6 Å². The molecule has 5 heteroatoms. The number of hydrogen-bond donors (Lipinski definition) is 0. The molecule has 1 aliphatic heterocycles. The molecule has 0 bridgehead atoms. The molecule has 1 heterocycles. The van der Waals surface area contributed by atoms with Crippen molar-refractivity contribution in [1.29, 1.82) is 0 Å². The van der Waals surface area contributed by atoms with Gasteiger partial charge in [-0.1, -0.05) is 12.8 Å². The molecule has 3 nitrogen and oxygen atoms in total. The van der Waals surface area contributed by atoms with Crippen molar-refractivity contribution in [2.45, 2.75) is 62.5 Å². The third-order valence-electron chi connectivity index (χ3n) is 4.88. The molecule has 19 heavy (non-hydrogen) atoms. The van der Waals surface area contributed by atoms with E-state index in [2.05, 4.69) is 0 Å². The van der Waals surface area contributed by atoms with Crippen molar-refractivity contribution < 1.29 is 14.0 Å². The summed E-state index contributed by atoms with van der Waals surface area (Å²) in [6.45, 7) is 0. The number of likely N-dealkylation sites (tertiary alicyclic amines) is 1. The lowest BCUT2D eigenvalue weighted by molar-refractivity contribution is -0.145. The summed E-state index contributed by atoms with van der Waals surface area (Å²) in [4.78, 5) is 26.0. The number of nitrogens with zero attached hydrogens (tertiary/aromatic N) is 1. The van der Waals surface area contributed by atoms with E-state index in [4.69, 9.17) is 11.6 Å². The Bertz CT molecular complexity index is 379. The molecule has 1 saturated heterocycles. The predicted molar refractivity (Wildman–Crippen MR) is 69.5 cm³/mol. The fourth-order valence-corrected chi connectivity index (χ4v) is 4.15. The van der Waals surface area contributed by atoms with Crippen LogP contribution in [-0.2, 0) is 9.59 Å². The van der Waals surface area contributed by atoms with E-state index < -0.39 is 12.2 Å². The van der Waals surface area contributed by atoms with Crippen LogP contribution in [0, 0.1) is 11.8 Å². The minimum absolute atomic E-state index is 0.129. The van der Waals surface area contributed by atoms with Gasteiger partial charge in [0.2, 0.25) is 11.8 Å². The molecule has 3 fully saturated rings. The lowest BCUT2D eigenvalue weighted by Gasteiger charge is -2.34. The van der Waals surface area contributed by atoms with Crippen LogP contribution in [0.3, 0.4) is 0 Å². The van der Waals surface area contributed by atoms with Gasteiger partial charge in [0.05, 0.1) is 17.9 Å². The molecule has 2 amide bonds. The molecule has 0 aromatic carbocycles. The normalized spacial score (nSPS) is 43.5. The summed E-state index contributed by atoms with van der Waals surface area (Å²) in [6, 6.07) is -0.569. The van der Waals surface area contributed by atoms with Crippen molar-refractivity contribution in [3.8, 4) is 0 Å². The quantitative estimate of drug-likeness (QED) is 0.549. The highest BCUT2D eigenvalue weighted by Crippen LogP contribution is 2.41. The van der Waals surface area contributed by atoms with E-state index in [1.54, 1.807) is 0 Å². The van der Waals surface area contributed by atoms with Crippen molar-refractivity contribution in [2.75, 3.05) is 0 Å². The Morgan fingerprint density at radius 1 is 1.00 bits per heavy atom. The zero-order valence-electron chi connectivity index (χ0n) is 10.9. The van der Waals surface area contributed by atoms with Gasteiger partial charge in [-0.05, 0) is 32.1 Å². The third-order valence-corrected chi connectivity index (χ3v) is 5.28. The highest BCUT2D eigenvalue weighted by Gasteiger charge is 2.52. The first-order chi connectivity index (χ1) is 9.09. The fourth-order valence-electron chi connectivity index (χ4n) is 3.86. The maximum Gasteiger partial charge on any atom is 0.233 e. The Morgan fingerprint density at radius 3 is 2.11 bits per heavy atom. The maximum absolute atomic E-state index is 14.1. The molecular weight excluding hydrogens is 269 g/mol. The van der Waals surface area contributed by atoms with E-state index >= 15 is 0 Å². The average Bonchev–Trinajstić information content (AvgIpc) is 2.64. The average molecular weight is 288 g/mol. The van der Waals surface area contributed by atoms with Crippen LogP contribution in [0.4, 0.5) is 4.39 Å². The van der Waals surface area contributed by atoms with Crippen LogP contribution in [0.15, 0.2) is 0 Å². The van der Waals surface area contributed by atoms with Crippen molar-refractivity contribution in [1.82, 2.24) is 4.90 Å². The van der Waals surface area contributed by atoms with Crippen LogP contribution in [0.1, 0.15) is 44.9 Å². The molecule has 0 N–H and O–H groups in total. The largest absolute Gasteiger partial charge is 0.276 e. The number of fused-ring (bicyclic) bond motifs is 1. The molecule has 0 aromatic heterocycles. The first-order valence-electron chi connectivity index (χ1n) is 7.24. The van der Waals surface area contributed by atoms with Crippen LogP contribution in [-0.4, -0.2) is 34.3 Å². The fraction of sp³-hybridized carbons (Fsp3) is 0.857. The van der Waals surface area contributed by atoms with Gasteiger partial charge < -0.3 is 0 Å². The Balaban J connectivity index is 1.80. The van der Waals surface area contributed by atoms with Crippen LogP contribution in [0.2, 0.25) is 0 Å². The van der Waals surface area contributed by atoms with E-state index in [0.717, 1.165) is 25.7 Å². The van der Waals surface area contributed by atoms with E-state index in [9.17, 15) is 14.0 Å². The van der Waals surface area contributed by atoms with Crippen molar-refractivity contribution in [3.63, 3.8) is 0 Å². The van der Waals surface area contributed by atoms with Gasteiger partial charge in [0, 0.05) is 5.38 Å². The van der Waals surface area contributed by atoms with Gasteiger partial charge in [0.25, 0.3) is 0 Å². The van der Waals surface area contributed by atoms with Gasteiger partial charge in [-0.15, -0.1) is 11.6 Å². The summed E-state index contributed by atoms with van der Waals surface area (Å²) in [7, 11) is 0. The summed E-state index contributed by atoms with van der Waals surface area (Å²) < 4.78 is 14.1.